The predicted octanol–water partition coefficient (Wildman–Crippen LogP) is 4.12. The van der Waals surface area contributed by atoms with Crippen molar-refractivity contribution in [3.8, 4) is 0 Å². The number of nitrogens with zero attached hydrogens (tertiary/aromatic N) is 1. The van der Waals surface area contributed by atoms with Crippen molar-refractivity contribution in [3.63, 3.8) is 0 Å². The normalized spacial score (nSPS) is 25.6. The summed E-state index contributed by atoms with van der Waals surface area (Å²) >= 11 is 1.41. The molecular weight excluding hydrogens is 365 g/mol. The number of rotatable bonds is 4. The highest BCUT2D eigenvalue weighted by Crippen LogP contribution is 2.52. The van der Waals surface area contributed by atoms with Crippen LogP contribution in [0.1, 0.15) is 36.3 Å². The fourth-order valence-electron chi connectivity index (χ4n) is 4.29. The molecule has 1 aromatic heterocycles. The number of ether oxygens (including phenoxy) is 1. The lowest BCUT2D eigenvalue weighted by Gasteiger charge is -2.54. The molecule has 0 spiro atoms. The number of thiazole rings is 1. The lowest BCUT2D eigenvalue weighted by atomic mass is 9.57. The topological polar surface area (TPSA) is 63.2 Å². The van der Waals surface area contributed by atoms with Crippen molar-refractivity contribution in [2.75, 3.05) is 11.9 Å². The lowest BCUT2D eigenvalue weighted by molar-refractivity contribution is -0.107. The zero-order valence-corrected chi connectivity index (χ0v) is 16.5. The molecule has 2 heterocycles. The first-order valence-corrected chi connectivity index (χ1v) is 10.0. The minimum absolute atomic E-state index is 0.0535. The highest BCUT2D eigenvalue weighted by atomic mass is 32.1. The van der Waals surface area contributed by atoms with Crippen LogP contribution in [0.4, 0.5) is 14.3 Å². The SMILES string of the molecule is Cc1ccc(Cc2cnc(NC(=O)N[C@@H]3[C@@H]4CCO[C@H]4C3(C)C)s2)cc1F. The van der Waals surface area contributed by atoms with Crippen LogP contribution in [0.25, 0.3) is 0 Å². The number of amides is 2. The summed E-state index contributed by atoms with van der Waals surface area (Å²) in [4.78, 5) is 17.6. The molecule has 1 saturated heterocycles. The molecule has 1 aliphatic heterocycles. The van der Waals surface area contributed by atoms with Gasteiger partial charge in [-0.2, -0.15) is 0 Å². The summed E-state index contributed by atoms with van der Waals surface area (Å²) in [5.41, 5.74) is 1.47. The number of halogens is 1. The summed E-state index contributed by atoms with van der Waals surface area (Å²) < 4.78 is 19.5. The molecule has 3 atom stereocenters. The van der Waals surface area contributed by atoms with E-state index in [0.29, 0.717) is 23.0 Å². The van der Waals surface area contributed by atoms with E-state index in [1.54, 1.807) is 25.3 Å². The second kappa shape index (κ2) is 6.87. The molecule has 2 aliphatic rings. The molecule has 0 unspecified atom stereocenters. The van der Waals surface area contributed by atoms with Gasteiger partial charge in [0.15, 0.2) is 5.13 Å². The number of anilines is 1. The second-order valence-corrected chi connectivity index (χ2v) is 9.15. The zero-order chi connectivity index (χ0) is 19.2. The van der Waals surface area contributed by atoms with Gasteiger partial charge in [-0.05, 0) is 30.5 Å². The number of aromatic nitrogens is 1. The number of hydrogen-bond acceptors (Lipinski definition) is 4. The van der Waals surface area contributed by atoms with Gasteiger partial charge in [0.25, 0.3) is 0 Å². The van der Waals surface area contributed by atoms with Crippen molar-refractivity contribution in [3.05, 3.63) is 46.2 Å². The van der Waals surface area contributed by atoms with Gasteiger partial charge in [0.2, 0.25) is 0 Å². The van der Waals surface area contributed by atoms with Crippen LogP contribution in [-0.2, 0) is 11.2 Å². The van der Waals surface area contributed by atoms with E-state index in [9.17, 15) is 9.18 Å². The Balaban J connectivity index is 1.35. The molecule has 2 amide bonds. The summed E-state index contributed by atoms with van der Waals surface area (Å²) in [6, 6.07) is 5.11. The number of carbonyl (C=O) groups is 1. The van der Waals surface area contributed by atoms with Gasteiger partial charge >= 0.3 is 6.03 Å². The summed E-state index contributed by atoms with van der Waals surface area (Å²) in [7, 11) is 0. The first kappa shape index (κ1) is 18.4. The molecule has 0 bridgehead atoms. The first-order chi connectivity index (χ1) is 12.8. The average Bonchev–Trinajstić information content (AvgIpc) is 3.24. The zero-order valence-electron chi connectivity index (χ0n) is 15.7. The molecule has 27 heavy (non-hydrogen) atoms. The maximum absolute atomic E-state index is 13.7. The highest BCUT2D eigenvalue weighted by molar-refractivity contribution is 7.15. The van der Waals surface area contributed by atoms with Crippen LogP contribution in [0, 0.1) is 24.1 Å². The van der Waals surface area contributed by atoms with Crippen molar-refractivity contribution in [1.29, 1.82) is 0 Å². The first-order valence-electron chi connectivity index (χ1n) is 9.23. The Morgan fingerprint density at radius 3 is 3.04 bits per heavy atom. The molecule has 5 nitrogen and oxygen atoms in total. The van der Waals surface area contributed by atoms with E-state index in [1.807, 2.05) is 6.07 Å². The number of aryl methyl sites for hydroxylation is 1. The van der Waals surface area contributed by atoms with E-state index < -0.39 is 0 Å². The van der Waals surface area contributed by atoms with Gasteiger partial charge in [-0.15, -0.1) is 11.3 Å². The highest BCUT2D eigenvalue weighted by Gasteiger charge is 2.59. The Labute approximate surface area is 162 Å². The predicted molar refractivity (Wildman–Crippen MR) is 104 cm³/mol. The maximum atomic E-state index is 13.7. The van der Waals surface area contributed by atoms with Crippen LogP contribution in [0.3, 0.4) is 0 Å². The monoisotopic (exact) mass is 389 g/mol. The quantitative estimate of drug-likeness (QED) is 0.827. The Kier molecular flexibility index (Phi) is 4.68. The molecule has 0 radical (unpaired) electrons. The Bertz CT molecular complexity index is 867. The molecule has 7 heteroatoms. The number of nitrogens with one attached hydrogen (secondary N) is 2. The van der Waals surface area contributed by atoms with E-state index in [1.165, 1.54) is 11.3 Å². The van der Waals surface area contributed by atoms with Crippen LogP contribution < -0.4 is 10.6 Å². The number of urea groups is 1. The summed E-state index contributed by atoms with van der Waals surface area (Å²) in [6.07, 6.45) is 3.55. The number of fused-ring (bicyclic) bond motifs is 1. The van der Waals surface area contributed by atoms with Crippen LogP contribution in [0.2, 0.25) is 0 Å². The fourth-order valence-corrected chi connectivity index (χ4v) is 5.13. The molecule has 1 aromatic carbocycles. The maximum Gasteiger partial charge on any atom is 0.321 e. The van der Waals surface area contributed by atoms with Gasteiger partial charge < -0.3 is 10.1 Å². The van der Waals surface area contributed by atoms with Crippen LogP contribution >= 0.6 is 11.3 Å². The van der Waals surface area contributed by atoms with E-state index in [-0.39, 0.29) is 29.4 Å². The molecule has 2 fully saturated rings. The van der Waals surface area contributed by atoms with Crippen molar-refractivity contribution in [1.82, 2.24) is 10.3 Å². The van der Waals surface area contributed by atoms with E-state index in [4.69, 9.17) is 4.74 Å². The van der Waals surface area contributed by atoms with Crippen LogP contribution in [-0.4, -0.2) is 29.8 Å². The standard InChI is InChI=1S/C20H24FN3O2S/c1-11-4-5-12(9-15(11)21)8-13-10-22-19(27-13)24-18(25)23-16-14-6-7-26-17(14)20(16,2)3/h4-5,9-10,14,16-17H,6-8H2,1-3H3,(H2,22,23,24,25)/t14-,16+,17+/m0/s1. The minimum atomic E-state index is -0.235. The Morgan fingerprint density at radius 1 is 1.44 bits per heavy atom. The second-order valence-electron chi connectivity index (χ2n) is 8.03. The fraction of sp³-hybridized carbons (Fsp3) is 0.500. The molecule has 1 saturated carbocycles. The van der Waals surface area contributed by atoms with Gasteiger partial charge in [0.05, 0.1) is 6.10 Å². The van der Waals surface area contributed by atoms with E-state index in [2.05, 4.69) is 29.5 Å². The van der Waals surface area contributed by atoms with Crippen molar-refractivity contribution in [2.45, 2.75) is 45.8 Å². The van der Waals surface area contributed by atoms with Crippen LogP contribution in [0.15, 0.2) is 24.4 Å². The average molecular weight is 389 g/mol. The summed E-state index contributed by atoms with van der Waals surface area (Å²) in [5.74, 6) is 0.195. The van der Waals surface area contributed by atoms with Gasteiger partial charge in [0.1, 0.15) is 5.82 Å². The molecule has 4 rings (SSSR count). The lowest BCUT2D eigenvalue weighted by Crippen LogP contribution is -2.67. The van der Waals surface area contributed by atoms with Crippen molar-refractivity contribution >= 4 is 22.5 Å². The van der Waals surface area contributed by atoms with E-state index >= 15 is 0 Å². The number of carbonyl (C=O) groups excluding carboxylic acids is 1. The summed E-state index contributed by atoms with van der Waals surface area (Å²) in [5, 5.41) is 6.46. The Morgan fingerprint density at radius 2 is 2.26 bits per heavy atom. The largest absolute Gasteiger partial charge is 0.377 e. The molecule has 1 aliphatic carbocycles. The van der Waals surface area contributed by atoms with Gasteiger partial charge in [-0.3, -0.25) is 5.32 Å². The third kappa shape index (κ3) is 3.46. The molecule has 2 aromatic rings. The van der Waals surface area contributed by atoms with Gasteiger partial charge in [-0.25, -0.2) is 14.2 Å². The van der Waals surface area contributed by atoms with Crippen molar-refractivity contribution in [2.24, 2.45) is 11.3 Å². The third-order valence-corrected chi connectivity index (χ3v) is 6.69. The van der Waals surface area contributed by atoms with Gasteiger partial charge in [-0.1, -0.05) is 26.0 Å². The smallest absolute Gasteiger partial charge is 0.321 e. The van der Waals surface area contributed by atoms with E-state index in [0.717, 1.165) is 23.5 Å². The molecular formula is C20H24FN3O2S. The Hall–Kier alpha value is -1.99. The number of hydrogen-bond donors (Lipinski definition) is 2. The van der Waals surface area contributed by atoms with Crippen LogP contribution in [0.5, 0.6) is 0 Å². The third-order valence-electron chi connectivity index (χ3n) is 5.78. The molecule has 144 valence electrons. The van der Waals surface area contributed by atoms with Crippen molar-refractivity contribution < 1.29 is 13.9 Å². The molecule has 2 N–H and O–H groups in total. The number of benzene rings is 1. The van der Waals surface area contributed by atoms with Gasteiger partial charge in [0, 0.05) is 41.5 Å². The minimum Gasteiger partial charge on any atom is -0.377 e. The summed E-state index contributed by atoms with van der Waals surface area (Å²) in [6.45, 7) is 6.78.